The summed E-state index contributed by atoms with van der Waals surface area (Å²) in [5.74, 6) is 0.792. The maximum absolute atomic E-state index is 5.42. The second-order valence-corrected chi connectivity index (χ2v) is 5.92. The van der Waals surface area contributed by atoms with Crippen LogP contribution in [-0.2, 0) is 4.74 Å². The number of aromatic nitrogens is 2. The van der Waals surface area contributed by atoms with Crippen molar-refractivity contribution in [2.75, 3.05) is 13.2 Å². The number of aryl methyl sites for hydroxylation is 1. The number of hydrogen-bond donors (Lipinski definition) is 1. The lowest BCUT2D eigenvalue weighted by molar-refractivity contribution is 0.0754. The van der Waals surface area contributed by atoms with Gasteiger partial charge in [0.15, 0.2) is 5.82 Å². The van der Waals surface area contributed by atoms with Gasteiger partial charge in [0.05, 0.1) is 0 Å². The number of nitrogens with zero attached hydrogens (tertiary/aromatic N) is 2. The fourth-order valence-corrected chi connectivity index (χ4v) is 2.85. The average molecular weight is 297 g/mol. The lowest BCUT2D eigenvalue weighted by Gasteiger charge is -2.27. The van der Waals surface area contributed by atoms with Gasteiger partial charge in [-0.3, -0.25) is 0 Å². The Morgan fingerprint density at radius 3 is 2.82 bits per heavy atom. The summed E-state index contributed by atoms with van der Waals surface area (Å²) in [4.78, 5) is 8.89. The molecule has 3 rings (SSSR count). The summed E-state index contributed by atoms with van der Waals surface area (Å²) in [6.45, 7) is 5.93. The van der Waals surface area contributed by atoms with E-state index in [-0.39, 0.29) is 0 Å². The first-order valence-corrected chi connectivity index (χ1v) is 7.96. The molecule has 22 heavy (non-hydrogen) atoms. The minimum Gasteiger partial charge on any atom is -0.381 e. The van der Waals surface area contributed by atoms with Gasteiger partial charge in [0.1, 0.15) is 0 Å². The Kier molecular flexibility index (Phi) is 4.80. The van der Waals surface area contributed by atoms with Gasteiger partial charge in [0.2, 0.25) is 0 Å². The molecule has 0 saturated carbocycles. The van der Waals surface area contributed by atoms with Crippen LogP contribution in [0.15, 0.2) is 36.5 Å². The van der Waals surface area contributed by atoms with Gasteiger partial charge in [-0.15, -0.1) is 0 Å². The minimum absolute atomic E-state index is 0.313. The summed E-state index contributed by atoms with van der Waals surface area (Å²) in [7, 11) is 0. The van der Waals surface area contributed by atoms with E-state index in [1.807, 2.05) is 19.2 Å². The van der Waals surface area contributed by atoms with Crippen LogP contribution in [0.4, 0.5) is 0 Å². The van der Waals surface area contributed by atoms with E-state index in [1.165, 1.54) is 5.56 Å². The molecule has 1 aromatic carbocycles. The normalized spacial score (nSPS) is 17.4. The molecule has 1 fully saturated rings. The molecule has 116 valence electrons. The average Bonchev–Trinajstić information content (AvgIpc) is 2.56. The summed E-state index contributed by atoms with van der Waals surface area (Å²) in [6, 6.07) is 11.3. The van der Waals surface area contributed by atoms with Crippen LogP contribution in [0.2, 0.25) is 0 Å². The van der Waals surface area contributed by atoms with Crippen molar-refractivity contribution in [3.8, 4) is 11.4 Å². The maximum atomic E-state index is 5.42. The largest absolute Gasteiger partial charge is 0.381 e. The molecule has 0 spiro atoms. The lowest BCUT2D eigenvalue weighted by atomic mass is 10.0. The fraction of sp³-hybridized carbons (Fsp3) is 0.444. The van der Waals surface area contributed by atoms with Crippen LogP contribution < -0.4 is 5.32 Å². The van der Waals surface area contributed by atoms with Crippen LogP contribution in [0.25, 0.3) is 11.4 Å². The predicted molar refractivity (Wildman–Crippen MR) is 87.6 cm³/mol. The zero-order valence-electron chi connectivity index (χ0n) is 13.2. The van der Waals surface area contributed by atoms with Gasteiger partial charge in [0.25, 0.3) is 0 Å². The summed E-state index contributed by atoms with van der Waals surface area (Å²) < 4.78 is 5.42. The second kappa shape index (κ2) is 6.99. The molecule has 4 heteroatoms. The van der Waals surface area contributed by atoms with Crippen LogP contribution in [0.5, 0.6) is 0 Å². The molecule has 1 aliphatic rings. The molecule has 0 radical (unpaired) electrons. The highest BCUT2D eigenvalue weighted by atomic mass is 16.5. The highest BCUT2D eigenvalue weighted by Gasteiger charge is 2.17. The van der Waals surface area contributed by atoms with Gasteiger partial charge < -0.3 is 10.1 Å². The molecule has 0 bridgehead atoms. The van der Waals surface area contributed by atoms with Gasteiger partial charge >= 0.3 is 0 Å². The molecule has 1 saturated heterocycles. The molecule has 4 nitrogen and oxygen atoms in total. The van der Waals surface area contributed by atoms with Crippen molar-refractivity contribution in [1.82, 2.24) is 15.3 Å². The van der Waals surface area contributed by atoms with Crippen molar-refractivity contribution >= 4 is 0 Å². The van der Waals surface area contributed by atoms with Gasteiger partial charge in [0, 0.05) is 42.8 Å². The van der Waals surface area contributed by atoms with Crippen LogP contribution >= 0.6 is 0 Å². The molecule has 1 aromatic heterocycles. The zero-order chi connectivity index (χ0) is 15.4. The van der Waals surface area contributed by atoms with E-state index in [1.54, 1.807) is 0 Å². The first-order chi connectivity index (χ1) is 10.7. The number of nitrogens with one attached hydrogen (secondary N) is 1. The van der Waals surface area contributed by atoms with Gasteiger partial charge in [-0.05, 0) is 44.4 Å². The molecule has 1 N–H and O–H groups in total. The molecule has 0 amide bonds. The van der Waals surface area contributed by atoms with Crippen LogP contribution in [-0.4, -0.2) is 29.2 Å². The van der Waals surface area contributed by atoms with E-state index in [9.17, 15) is 0 Å². The Morgan fingerprint density at radius 2 is 2.05 bits per heavy atom. The van der Waals surface area contributed by atoms with Crippen molar-refractivity contribution in [3.63, 3.8) is 0 Å². The van der Waals surface area contributed by atoms with E-state index < -0.39 is 0 Å². The van der Waals surface area contributed by atoms with E-state index in [0.717, 1.165) is 43.1 Å². The molecule has 1 aliphatic heterocycles. The predicted octanol–water partition coefficient (Wildman–Crippen LogP) is 3.28. The van der Waals surface area contributed by atoms with E-state index in [0.29, 0.717) is 12.1 Å². The second-order valence-electron chi connectivity index (χ2n) is 5.92. The van der Waals surface area contributed by atoms with Crippen molar-refractivity contribution in [2.24, 2.45) is 0 Å². The summed E-state index contributed by atoms with van der Waals surface area (Å²) in [5.41, 5.74) is 3.33. The Bertz CT molecular complexity index is 623. The number of hydrogen-bond acceptors (Lipinski definition) is 4. The van der Waals surface area contributed by atoms with Gasteiger partial charge in [-0.1, -0.05) is 18.2 Å². The smallest absolute Gasteiger partial charge is 0.159 e. The van der Waals surface area contributed by atoms with Crippen LogP contribution in [0.3, 0.4) is 0 Å². The quantitative estimate of drug-likeness (QED) is 0.941. The Labute approximate surface area is 132 Å². The highest BCUT2D eigenvalue weighted by molar-refractivity contribution is 5.56. The summed E-state index contributed by atoms with van der Waals surface area (Å²) in [6.07, 6.45) is 3.99. The topological polar surface area (TPSA) is 47.0 Å². The summed E-state index contributed by atoms with van der Waals surface area (Å²) >= 11 is 0. The van der Waals surface area contributed by atoms with E-state index >= 15 is 0 Å². The molecular formula is C18H23N3O. The molecule has 2 heterocycles. The molecule has 1 unspecified atom stereocenters. The third kappa shape index (κ3) is 3.70. The third-order valence-corrected chi connectivity index (χ3v) is 4.15. The van der Waals surface area contributed by atoms with E-state index in [4.69, 9.17) is 4.74 Å². The van der Waals surface area contributed by atoms with Crippen molar-refractivity contribution < 1.29 is 4.74 Å². The zero-order valence-corrected chi connectivity index (χ0v) is 13.2. The third-order valence-electron chi connectivity index (χ3n) is 4.15. The Balaban J connectivity index is 1.75. The van der Waals surface area contributed by atoms with Gasteiger partial charge in [-0.25, -0.2) is 9.97 Å². The Morgan fingerprint density at radius 1 is 1.23 bits per heavy atom. The van der Waals surface area contributed by atoms with Gasteiger partial charge in [-0.2, -0.15) is 0 Å². The van der Waals surface area contributed by atoms with Crippen LogP contribution in [0, 0.1) is 6.92 Å². The number of rotatable bonds is 4. The van der Waals surface area contributed by atoms with Crippen molar-refractivity contribution in [1.29, 1.82) is 0 Å². The first-order valence-electron chi connectivity index (χ1n) is 7.96. The van der Waals surface area contributed by atoms with Crippen molar-refractivity contribution in [3.05, 3.63) is 47.8 Å². The fourth-order valence-electron chi connectivity index (χ4n) is 2.85. The molecule has 0 aliphatic carbocycles. The lowest BCUT2D eigenvalue weighted by Crippen LogP contribution is -2.36. The molecule has 1 atom stereocenters. The minimum atomic E-state index is 0.313. The number of benzene rings is 1. The number of ether oxygens (including phenoxy) is 1. The van der Waals surface area contributed by atoms with Crippen LogP contribution in [0.1, 0.15) is 37.1 Å². The standard InChI is InChI=1S/C18H23N3O/c1-13-6-9-19-18(20-13)16-5-3-4-15(12-16)14(2)21-17-7-10-22-11-8-17/h3-6,9,12,14,17,21H,7-8,10-11H2,1-2H3. The monoisotopic (exact) mass is 297 g/mol. The molecular weight excluding hydrogens is 274 g/mol. The maximum Gasteiger partial charge on any atom is 0.159 e. The Hall–Kier alpha value is -1.78. The first kappa shape index (κ1) is 15.1. The SMILES string of the molecule is Cc1ccnc(-c2cccc(C(C)NC3CCOCC3)c2)n1. The highest BCUT2D eigenvalue weighted by Crippen LogP contribution is 2.22. The summed E-state index contributed by atoms with van der Waals surface area (Å²) in [5, 5.41) is 3.70. The molecule has 2 aromatic rings. The van der Waals surface area contributed by atoms with Crippen molar-refractivity contribution in [2.45, 2.75) is 38.8 Å². The van der Waals surface area contributed by atoms with E-state index in [2.05, 4.69) is 46.5 Å².